The first-order chi connectivity index (χ1) is 3.50. The fourth-order valence-electron chi connectivity index (χ4n) is 0.186. The van der Waals surface area contributed by atoms with Crippen LogP contribution in [-0.4, -0.2) is 9.97 Å². The molecule has 0 aromatic carbocycles. The van der Waals surface area contributed by atoms with Crippen molar-refractivity contribution >= 4 is 10.1 Å². The van der Waals surface area contributed by atoms with Crippen molar-refractivity contribution in [2.24, 2.45) is 0 Å². The number of hydrogen-bond acceptors (Lipinski definition) is 1. The van der Waals surface area contributed by atoms with E-state index >= 15 is 0 Å². The van der Waals surface area contributed by atoms with Crippen molar-refractivity contribution in [2.75, 3.05) is 0 Å². The van der Waals surface area contributed by atoms with Crippen LogP contribution in [0.4, 0.5) is 0 Å². The van der Waals surface area contributed by atoms with Crippen LogP contribution in [0.3, 0.4) is 0 Å². The number of aromatic nitrogens is 2. The van der Waals surface area contributed by atoms with E-state index in [1.807, 2.05) is 0 Å². The van der Waals surface area contributed by atoms with Gasteiger partial charge in [-0.1, -0.05) is 0 Å². The Morgan fingerprint density at radius 1 is 1.71 bits per heavy atom. The molecule has 1 heterocycles. The molecule has 2 nitrogen and oxygen atoms in total. The molecule has 7 heavy (non-hydrogen) atoms. The van der Waals surface area contributed by atoms with Crippen molar-refractivity contribution in [3.8, 4) is 0 Å². The van der Waals surface area contributed by atoms with Crippen LogP contribution < -0.4 is 0 Å². The first-order valence-corrected chi connectivity index (χ1v) is 3.12. The minimum Gasteiger partial charge on any atom is -0.467 e. The van der Waals surface area contributed by atoms with Gasteiger partial charge in [0.2, 0.25) is 0 Å². The molecular formula is C3H3ClMnN2. The molecule has 0 bridgehead atoms. The molecular weight excluding hydrogens is 154 g/mol. The molecule has 0 aliphatic carbocycles. The van der Waals surface area contributed by atoms with Crippen LogP contribution in [0.1, 0.15) is 0 Å². The smallest absolute Gasteiger partial charge is 0.00235 e. The van der Waals surface area contributed by atoms with E-state index in [4.69, 9.17) is 0 Å². The normalized spacial score (nSPS) is 6.43. The van der Waals surface area contributed by atoms with Crippen molar-refractivity contribution in [3.05, 3.63) is 18.7 Å². The summed E-state index contributed by atoms with van der Waals surface area (Å²) in [5, 5.41) is 0. The maximum Gasteiger partial charge on any atom is -0.00235 e. The van der Waals surface area contributed by atoms with E-state index in [1.165, 1.54) is 0 Å². The molecule has 1 N–H and O–H groups in total. The topological polar surface area (TPSA) is 28.7 Å². The quantitative estimate of drug-likeness (QED) is 0.440. The third-order valence-electron chi connectivity index (χ3n) is 0.362. The van der Waals surface area contributed by atoms with E-state index in [1.54, 1.807) is 12.4 Å². The number of hydrogen-bond donors (Lipinski definition) is 1. The fraction of sp³-hybridized carbons (Fsp3) is 0. The standard InChI is InChI=1S/C3H3N2.ClH.Mn/c1-2-5-3-4-1;;/h1-2H,(H,4,5);1H;/q-1;;+2/p-1. The number of nitrogens with one attached hydrogen (secondary N) is 1. The monoisotopic (exact) mass is 157 g/mol. The number of halogens is 1. The van der Waals surface area contributed by atoms with Gasteiger partial charge < -0.3 is 9.97 Å². The van der Waals surface area contributed by atoms with E-state index in [0.29, 0.717) is 0 Å². The van der Waals surface area contributed by atoms with Crippen molar-refractivity contribution in [1.82, 2.24) is 9.97 Å². The van der Waals surface area contributed by atoms with Crippen LogP contribution in [0, 0.1) is 6.33 Å². The molecule has 0 aliphatic heterocycles. The van der Waals surface area contributed by atoms with Gasteiger partial charge in [0.15, 0.2) is 0 Å². The Balaban J connectivity index is 0.000000162. The van der Waals surface area contributed by atoms with Crippen molar-refractivity contribution in [2.45, 2.75) is 0 Å². The second-order valence-electron chi connectivity index (χ2n) is 0.701. The van der Waals surface area contributed by atoms with Crippen molar-refractivity contribution in [1.29, 1.82) is 0 Å². The molecule has 0 unspecified atom stereocenters. The van der Waals surface area contributed by atoms with Crippen molar-refractivity contribution < 1.29 is 15.1 Å². The number of rotatable bonds is 0. The Kier molecular flexibility index (Phi) is 6.04. The summed E-state index contributed by atoms with van der Waals surface area (Å²) in [6, 6.07) is 0. The van der Waals surface area contributed by atoms with E-state index in [-0.39, 0.29) is 0 Å². The predicted octanol–water partition coefficient (Wildman–Crippen LogP) is 0.897. The molecule has 1 aromatic rings. The summed E-state index contributed by atoms with van der Waals surface area (Å²) in [6.07, 6.45) is 5.83. The minimum atomic E-state index is 1.64. The summed E-state index contributed by atoms with van der Waals surface area (Å²) in [5.74, 6) is 0. The summed E-state index contributed by atoms with van der Waals surface area (Å²) in [7, 11) is 4.45. The van der Waals surface area contributed by atoms with Crippen molar-refractivity contribution in [3.63, 3.8) is 0 Å². The second kappa shape index (κ2) is 6.02. The Hall–Kier alpha value is 0.0195. The molecule has 4 heteroatoms. The molecule has 0 radical (unpaired) electrons. The SMILES string of the molecule is [Cl][Mn+].[c-]1ncc[nH]1. The van der Waals surface area contributed by atoms with Gasteiger partial charge in [-0.25, -0.2) is 0 Å². The zero-order valence-corrected chi connectivity index (χ0v) is 5.29. The van der Waals surface area contributed by atoms with Gasteiger partial charge >= 0.3 is 25.2 Å². The maximum absolute atomic E-state index is 4.45. The first kappa shape index (κ1) is 7.02. The molecule has 0 atom stereocenters. The molecule has 1 rings (SSSR count). The van der Waals surface area contributed by atoms with Gasteiger partial charge in [-0.15, -0.1) is 12.4 Å². The number of nitrogens with zero attached hydrogens (tertiary/aromatic N) is 1. The molecule has 1 aromatic heterocycles. The van der Waals surface area contributed by atoms with E-state index in [0.717, 1.165) is 0 Å². The van der Waals surface area contributed by atoms with E-state index in [9.17, 15) is 0 Å². The van der Waals surface area contributed by atoms with Gasteiger partial charge in [0.05, 0.1) is 0 Å². The van der Waals surface area contributed by atoms with Crippen LogP contribution in [0.15, 0.2) is 12.4 Å². The Bertz CT molecular complexity index is 69.4. The third kappa shape index (κ3) is 3.86. The van der Waals surface area contributed by atoms with Crippen LogP contribution in [-0.2, 0) is 15.1 Å². The number of imidazole rings is 1. The third-order valence-corrected chi connectivity index (χ3v) is 0.362. The Morgan fingerprint density at radius 2 is 2.43 bits per heavy atom. The molecule has 0 saturated carbocycles. The zero-order chi connectivity index (χ0) is 5.54. The summed E-state index contributed by atoms with van der Waals surface area (Å²) in [5.41, 5.74) is 0. The Labute approximate surface area is 54.3 Å². The molecule has 0 amide bonds. The summed E-state index contributed by atoms with van der Waals surface area (Å²) >= 11 is 2.41. The summed E-state index contributed by atoms with van der Waals surface area (Å²) in [6.45, 7) is 0. The van der Waals surface area contributed by atoms with Crippen LogP contribution >= 0.6 is 10.1 Å². The first-order valence-electron chi connectivity index (χ1n) is 1.50. The number of H-pyrrole nitrogens is 1. The zero-order valence-electron chi connectivity index (χ0n) is 3.36. The van der Waals surface area contributed by atoms with Gasteiger partial charge in [0.25, 0.3) is 0 Å². The average molecular weight is 157 g/mol. The molecule has 39 valence electrons. The van der Waals surface area contributed by atoms with Gasteiger partial charge in [-0.2, -0.15) is 0 Å². The van der Waals surface area contributed by atoms with Gasteiger partial charge in [0.1, 0.15) is 0 Å². The summed E-state index contributed by atoms with van der Waals surface area (Å²) < 4.78 is 0. The van der Waals surface area contributed by atoms with Crippen LogP contribution in [0.2, 0.25) is 0 Å². The minimum absolute atomic E-state index is 1.64. The summed E-state index contributed by atoms with van der Waals surface area (Å²) in [4.78, 5) is 6.17. The molecule has 0 saturated heterocycles. The average Bonchev–Trinajstić information content (AvgIpc) is 2.23. The molecule has 0 fully saturated rings. The molecule has 0 spiro atoms. The van der Waals surface area contributed by atoms with Gasteiger partial charge in [0, 0.05) is 0 Å². The van der Waals surface area contributed by atoms with E-state index < -0.39 is 0 Å². The largest absolute Gasteiger partial charge is 0.467 e. The van der Waals surface area contributed by atoms with Gasteiger partial charge in [-0.3, -0.25) is 0 Å². The Morgan fingerprint density at radius 3 is 2.57 bits per heavy atom. The van der Waals surface area contributed by atoms with Gasteiger partial charge in [-0.05, 0) is 6.33 Å². The fourth-order valence-corrected chi connectivity index (χ4v) is 0.186. The second-order valence-corrected chi connectivity index (χ2v) is 0.701. The van der Waals surface area contributed by atoms with E-state index in [2.05, 4.69) is 41.5 Å². The molecule has 0 aliphatic rings. The van der Waals surface area contributed by atoms with Crippen LogP contribution in [0.5, 0.6) is 0 Å². The predicted molar refractivity (Wildman–Crippen MR) is 23.3 cm³/mol. The number of aromatic amines is 1. The maximum atomic E-state index is 4.45. The van der Waals surface area contributed by atoms with Crippen LogP contribution in [0.25, 0.3) is 0 Å².